The molecule has 7 rings (SSSR count). The van der Waals surface area contributed by atoms with E-state index in [0.29, 0.717) is 32.1 Å². The van der Waals surface area contributed by atoms with Gasteiger partial charge in [-0.3, -0.25) is 9.59 Å². The zero-order valence-corrected chi connectivity index (χ0v) is 39.3. The minimum Gasteiger partial charge on any atom is -0.467 e. The van der Waals surface area contributed by atoms with Gasteiger partial charge in [-0.2, -0.15) is 0 Å². The fourth-order valence-electron chi connectivity index (χ4n) is 13.1. The number of ketones is 1. The first kappa shape index (κ1) is 50.7. The highest BCUT2D eigenvalue weighted by atomic mass is 16.8. The number of aliphatic hydroxyl groups is 4. The van der Waals surface area contributed by atoms with E-state index in [1.54, 1.807) is 6.92 Å². The molecule has 3 aliphatic heterocycles. The van der Waals surface area contributed by atoms with Gasteiger partial charge in [0.1, 0.15) is 31.0 Å². The Morgan fingerprint density at radius 1 is 0.864 bits per heavy atom. The average molecular weight is 935 g/mol. The monoisotopic (exact) mass is 934 g/mol. The molecule has 3 heterocycles. The molecule has 0 aromatic rings. The Labute approximate surface area is 387 Å². The molecule has 0 aromatic carbocycles. The molecule has 4 aliphatic carbocycles. The summed E-state index contributed by atoms with van der Waals surface area (Å²) < 4.78 is 45.8. The zero-order valence-electron chi connectivity index (χ0n) is 39.3. The lowest BCUT2D eigenvalue weighted by molar-refractivity contribution is -0.299. The third kappa shape index (κ3) is 9.44. The smallest absolute Gasteiger partial charge is 0.467 e. The van der Waals surface area contributed by atoms with Gasteiger partial charge in [0.15, 0.2) is 12.0 Å². The Bertz CT molecular complexity index is 1790. The molecular formula is C49H74O17. The molecule has 7 aliphatic rings. The maximum Gasteiger partial charge on any atom is 0.514 e. The normalized spacial score (nSPS) is 37.7. The standard InChI is InChI=1S/C49H74O17/c1-5-6-7-8-9-10-11-12-13-14-15-16-18-21-34-60-26-30(63-34)27-61-45(57)66-37-29(2)31-24-32-48-28-62-49(44(56)59-4,42(54)36(52)39(48)46(31,3)41(53)35(37)51)40(48)38(43(55)64-32)65-33(50)25-47(58)22-19-17-20-23-47/h30-32,34,36,38-42,52-54,58H,5-28H2,1-4H3/t30?,31-,32+,34?,36+,38?,39+,40+,41+,42-,46-,48+,49-/m0/s1. The number of allylic oxidation sites excluding steroid dienone is 1. The summed E-state index contributed by atoms with van der Waals surface area (Å²) >= 11 is 0. The van der Waals surface area contributed by atoms with E-state index >= 15 is 0 Å². The van der Waals surface area contributed by atoms with Crippen LogP contribution in [0.3, 0.4) is 0 Å². The first-order chi connectivity index (χ1) is 31.6. The summed E-state index contributed by atoms with van der Waals surface area (Å²) in [4.78, 5) is 68.8. The number of methoxy groups -OCH3 is 1. The second-order valence-electron chi connectivity index (χ2n) is 20.5. The van der Waals surface area contributed by atoms with Crippen LogP contribution in [0.2, 0.25) is 0 Å². The highest BCUT2D eigenvalue weighted by Crippen LogP contribution is 2.73. The number of carbonyl (C=O) groups excluding carboxylic acids is 5. The number of ether oxygens (including phenoxy) is 8. The van der Waals surface area contributed by atoms with E-state index in [-0.39, 0.29) is 25.2 Å². The summed E-state index contributed by atoms with van der Waals surface area (Å²) in [5.74, 6) is -8.34. The number of aliphatic hydroxyl groups excluding tert-OH is 3. The van der Waals surface area contributed by atoms with Gasteiger partial charge in [0.05, 0.1) is 44.4 Å². The maximum absolute atomic E-state index is 14.2. The summed E-state index contributed by atoms with van der Waals surface area (Å²) in [5.41, 5.74) is -6.87. The van der Waals surface area contributed by atoms with Gasteiger partial charge < -0.3 is 58.3 Å². The highest BCUT2D eigenvalue weighted by Gasteiger charge is 2.86. The van der Waals surface area contributed by atoms with Crippen molar-refractivity contribution >= 4 is 29.8 Å². The maximum atomic E-state index is 14.2. The molecule has 1 spiro atoms. The van der Waals surface area contributed by atoms with Crippen LogP contribution in [0.1, 0.15) is 156 Å². The minimum atomic E-state index is -2.43. The molecule has 0 radical (unpaired) electrons. The van der Waals surface area contributed by atoms with Crippen molar-refractivity contribution in [2.45, 2.75) is 210 Å². The molecule has 0 aromatic heterocycles. The van der Waals surface area contributed by atoms with Crippen LogP contribution in [0.4, 0.5) is 4.79 Å². The number of carbonyl (C=O) groups is 5. The molecule has 6 fully saturated rings. The molecule has 4 N–H and O–H groups in total. The lowest BCUT2D eigenvalue weighted by Crippen LogP contribution is -2.80. The number of esters is 3. The van der Waals surface area contributed by atoms with Gasteiger partial charge in [-0.1, -0.05) is 110 Å². The van der Waals surface area contributed by atoms with Crippen molar-refractivity contribution in [2.24, 2.45) is 28.6 Å². The van der Waals surface area contributed by atoms with Gasteiger partial charge in [0.25, 0.3) is 0 Å². The number of fused-ring (bicyclic) bond motifs is 2. The second kappa shape index (κ2) is 21.2. The summed E-state index contributed by atoms with van der Waals surface area (Å²) in [6.45, 7) is 4.89. The molecule has 372 valence electrons. The van der Waals surface area contributed by atoms with Crippen molar-refractivity contribution in [2.75, 3.05) is 26.9 Å². The van der Waals surface area contributed by atoms with Gasteiger partial charge in [-0.15, -0.1) is 0 Å². The topological polar surface area (TPSA) is 240 Å². The molecule has 2 bridgehead atoms. The van der Waals surface area contributed by atoms with E-state index in [9.17, 15) is 44.4 Å². The van der Waals surface area contributed by atoms with Crippen LogP contribution in [0, 0.1) is 28.6 Å². The Balaban J connectivity index is 0.979. The van der Waals surface area contributed by atoms with Crippen molar-refractivity contribution < 1.29 is 82.3 Å². The number of hydrogen-bond donors (Lipinski definition) is 4. The molecular weight excluding hydrogens is 861 g/mol. The van der Waals surface area contributed by atoms with Gasteiger partial charge in [0, 0.05) is 16.7 Å². The molecule has 13 atom stereocenters. The first-order valence-electron chi connectivity index (χ1n) is 24.8. The van der Waals surface area contributed by atoms with E-state index < -0.39 is 131 Å². The summed E-state index contributed by atoms with van der Waals surface area (Å²) in [6, 6.07) is 0. The first-order valence-corrected chi connectivity index (χ1v) is 24.8. The lowest BCUT2D eigenvalue weighted by Gasteiger charge is -2.67. The van der Waals surface area contributed by atoms with Crippen molar-refractivity contribution in [3.63, 3.8) is 0 Å². The summed E-state index contributed by atoms with van der Waals surface area (Å²) in [5, 5.41) is 47.4. The van der Waals surface area contributed by atoms with E-state index in [4.69, 9.17) is 37.9 Å². The van der Waals surface area contributed by atoms with Crippen LogP contribution in [0.25, 0.3) is 0 Å². The largest absolute Gasteiger partial charge is 0.514 e. The van der Waals surface area contributed by atoms with Crippen LogP contribution < -0.4 is 0 Å². The Kier molecular flexibility index (Phi) is 16.3. The SMILES string of the molecule is CCCCCCCCCCCCCCCC1OCC(COC(=O)OC2=C(C)[C@@H]3C[C@H]4OC(=O)C(OC(=O)CC5(O)CCCCC5)[C@H]5[C@]6(C(=O)OC)OC[C@]45[C@H]([C@@H](O)[C@@H]6O)[C@@]3(C)[C@H](O)C2=O)O1. The van der Waals surface area contributed by atoms with Crippen molar-refractivity contribution in [3.05, 3.63) is 11.3 Å². The van der Waals surface area contributed by atoms with Crippen LogP contribution in [0.5, 0.6) is 0 Å². The second-order valence-corrected chi connectivity index (χ2v) is 20.5. The lowest BCUT2D eigenvalue weighted by atomic mass is 9.37. The molecule has 17 heteroatoms. The van der Waals surface area contributed by atoms with Crippen molar-refractivity contribution in [3.8, 4) is 0 Å². The van der Waals surface area contributed by atoms with Crippen LogP contribution >= 0.6 is 0 Å². The van der Waals surface area contributed by atoms with Gasteiger partial charge >= 0.3 is 24.1 Å². The van der Waals surface area contributed by atoms with Crippen molar-refractivity contribution in [1.82, 2.24) is 0 Å². The van der Waals surface area contributed by atoms with E-state index in [1.807, 2.05) is 0 Å². The fourth-order valence-corrected chi connectivity index (χ4v) is 13.1. The fraction of sp³-hybridized carbons (Fsp3) is 0.857. The third-order valence-corrected chi connectivity index (χ3v) is 16.4. The van der Waals surface area contributed by atoms with Crippen molar-refractivity contribution in [1.29, 1.82) is 0 Å². The summed E-state index contributed by atoms with van der Waals surface area (Å²) in [6.07, 6.45) is 8.26. The molecule has 3 unspecified atom stereocenters. The molecule has 3 saturated heterocycles. The Hall–Kier alpha value is -3.19. The van der Waals surface area contributed by atoms with Gasteiger partial charge in [-0.25, -0.2) is 14.4 Å². The van der Waals surface area contributed by atoms with Gasteiger partial charge in [0.2, 0.25) is 17.5 Å². The van der Waals surface area contributed by atoms with Crippen LogP contribution in [-0.2, 0) is 57.1 Å². The Morgan fingerprint density at radius 3 is 2.14 bits per heavy atom. The molecule has 3 saturated carbocycles. The number of Topliss-reactive ketones (excluding diaryl/α,β-unsaturated/α-hetero) is 1. The molecule has 66 heavy (non-hydrogen) atoms. The molecule has 17 nitrogen and oxygen atoms in total. The average Bonchev–Trinajstić information content (AvgIpc) is 3.88. The predicted octanol–water partition coefficient (Wildman–Crippen LogP) is 5.42. The predicted molar refractivity (Wildman–Crippen MR) is 232 cm³/mol. The van der Waals surface area contributed by atoms with Gasteiger partial charge in [-0.05, 0) is 50.5 Å². The number of hydrogen-bond acceptors (Lipinski definition) is 17. The number of unbranched alkanes of at least 4 members (excludes halogenated alkanes) is 12. The summed E-state index contributed by atoms with van der Waals surface area (Å²) in [7, 11) is 1.05. The minimum absolute atomic E-state index is 0.106. The van der Waals surface area contributed by atoms with E-state index in [2.05, 4.69) is 6.92 Å². The zero-order chi connectivity index (χ0) is 47.4. The third-order valence-electron chi connectivity index (χ3n) is 16.4. The van der Waals surface area contributed by atoms with Crippen LogP contribution in [-0.4, -0.2) is 131 Å². The number of rotatable bonds is 21. The molecule has 0 amide bonds. The highest BCUT2D eigenvalue weighted by molar-refractivity contribution is 6.01. The van der Waals surface area contributed by atoms with Crippen LogP contribution in [0.15, 0.2) is 11.3 Å². The Morgan fingerprint density at radius 2 is 1.50 bits per heavy atom. The van der Waals surface area contributed by atoms with E-state index in [0.717, 1.165) is 32.8 Å². The quantitative estimate of drug-likeness (QED) is 0.0638. The van der Waals surface area contributed by atoms with E-state index in [1.165, 1.54) is 71.1 Å².